The van der Waals surface area contributed by atoms with Gasteiger partial charge < -0.3 is 14.8 Å². The predicted octanol–water partition coefficient (Wildman–Crippen LogP) is 2.77. The molecule has 21 heavy (non-hydrogen) atoms. The molecule has 0 amide bonds. The van der Waals surface area contributed by atoms with E-state index in [1.807, 2.05) is 24.3 Å². The summed E-state index contributed by atoms with van der Waals surface area (Å²) in [7, 11) is 0. The Kier molecular flexibility index (Phi) is 4.68. The Balaban J connectivity index is 1.52. The lowest BCUT2D eigenvalue weighted by molar-refractivity contribution is 0.0188. The molecule has 0 spiro atoms. The third-order valence-corrected chi connectivity index (χ3v) is 3.83. The molecular weight excluding hydrogens is 264 g/mol. The summed E-state index contributed by atoms with van der Waals surface area (Å²) in [6, 6.07) is 10.0. The first-order valence-corrected chi connectivity index (χ1v) is 7.69. The van der Waals surface area contributed by atoms with Crippen LogP contribution in [0.25, 0.3) is 10.9 Å². The Morgan fingerprint density at radius 2 is 2.19 bits per heavy atom. The van der Waals surface area contributed by atoms with Crippen LogP contribution < -0.4 is 10.1 Å². The fourth-order valence-corrected chi connectivity index (χ4v) is 2.68. The Labute approximate surface area is 125 Å². The van der Waals surface area contributed by atoms with Gasteiger partial charge in [-0.15, -0.1) is 0 Å². The van der Waals surface area contributed by atoms with Crippen molar-refractivity contribution in [2.75, 3.05) is 19.7 Å². The monoisotopic (exact) mass is 286 g/mol. The number of rotatable bonds is 6. The van der Waals surface area contributed by atoms with Crippen molar-refractivity contribution >= 4 is 10.9 Å². The van der Waals surface area contributed by atoms with Crippen LogP contribution in [0.5, 0.6) is 5.75 Å². The van der Waals surface area contributed by atoms with Crippen molar-refractivity contribution in [2.45, 2.75) is 32.0 Å². The quantitative estimate of drug-likeness (QED) is 0.887. The van der Waals surface area contributed by atoms with E-state index in [0.717, 1.165) is 42.6 Å². The number of nitrogens with zero attached hydrogens (tertiary/aromatic N) is 1. The van der Waals surface area contributed by atoms with Crippen molar-refractivity contribution in [3.8, 4) is 5.75 Å². The first-order chi connectivity index (χ1) is 10.3. The minimum Gasteiger partial charge on any atom is -0.491 e. The SMILES string of the molecule is CCNCC1CCC(COc2ccc3cccnc3c2)O1. The van der Waals surface area contributed by atoms with Gasteiger partial charge in [-0.05, 0) is 37.6 Å². The molecule has 0 radical (unpaired) electrons. The number of hydrogen-bond donors (Lipinski definition) is 1. The second kappa shape index (κ2) is 6.87. The molecule has 0 bridgehead atoms. The molecule has 1 aromatic heterocycles. The van der Waals surface area contributed by atoms with Gasteiger partial charge in [-0.25, -0.2) is 0 Å². The van der Waals surface area contributed by atoms with Gasteiger partial charge in [0.25, 0.3) is 0 Å². The predicted molar refractivity (Wildman–Crippen MR) is 83.7 cm³/mol. The zero-order valence-corrected chi connectivity index (χ0v) is 12.4. The van der Waals surface area contributed by atoms with Crippen LogP contribution in [0, 0.1) is 0 Å². The minimum absolute atomic E-state index is 0.202. The number of benzene rings is 1. The lowest BCUT2D eigenvalue weighted by atomic mass is 10.2. The average Bonchev–Trinajstić information content (AvgIpc) is 2.98. The summed E-state index contributed by atoms with van der Waals surface area (Å²) in [4.78, 5) is 4.35. The van der Waals surface area contributed by atoms with Gasteiger partial charge in [0.05, 0.1) is 17.7 Å². The van der Waals surface area contributed by atoms with Crippen molar-refractivity contribution in [1.82, 2.24) is 10.3 Å². The lowest BCUT2D eigenvalue weighted by Gasteiger charge is -2.15. The highest BCUT2D eigenvalue weighted by molar-refractivity contribution is 5.79. The maximum atomic E-state index is 5.97. The zero-order chi connectivity index (χ0) is 14.5. The summed E-state index contributed by atoms with van der Waals surface area (Å²) in [5, 5.41) is 4.46. The molecular formula is C17H22N2O2. The fraction of sp³-hybridized carbons (Fsp3) is 0.471. The van der Waals surface area contributed by atoms with Gasteiger partial charge in [-0.1, -0.05) is 13.0 Å². The van der Waals surface area contributed by atoms with Gasteiger partial charge in [0, 0.05) is 24.2 Å². The molecule has 3 rings (SSSR count). The molecule has 1 aliphatic heterocycles. The third-order valence-electron chi connectivity index (χ3n) is 3.83. The largest absolute Gasteiger partial charge is 0.491 e. The van der Waals surface area contributed by atoms with E-state index >= 15 is 0 Å². The summed E-state index contributed by atoms with van der Waals surface area (Å²) in [5.41, 5.74) is 0.965. The molecule has 0 saturated carbocycles. The molecule has 2 unspecified atom stereocenters. The fourth-order valence-electron chi connectivity index (χ4n) is 2.68. The van der Waals surface area contributed by atoms with Gasteiger partial charge in [0.1, 0.15) is 12.4 Å². The molecule has 4 nitrogen and oxygen atoms in total. The maximum Gasteiger partial charge on any atom is 0.121 e. The lowest BCUT2D eigenvalue weighted by Crippen LogP contribution is -2.28. The van der Waals surface area contributed by atoms with Crippen LogP contribution in [0.1, 0.15) is 19.8 Å². The zero-order valence-electron chi connectivity index (χ0n) is 12.4. The van der Waals surface area contributed by atoms with Gasteiger partial charge in [0.15, 0.2) is 0 Å². The number of nitrogens with one attached hydrogen (secondary N) is 1. The van der Waals surface area contributed by atoms with E-state index in [4.69, 9.17) is 9.47 Å². The Morgan fingerprint density at radius 3 is 3.10 bits per heavy atom. The number of hydrogen-bond acceptors (Lipinski definition) is 4. The van der Waals surface area contributed by atoms with Crippen LogP contribution in [0.15, 0.2) is 36.5 Å². The highest BCUT2D eigenvalue weighted by Gasteiger charge is 2.25. The summed E-state index contributed by atoms with van der Waals surface area (Å²) in [5.74, 6) is 0.861. The molecule has 1 N–H and O–H groups in total. The van der Waals surface area contributed by atoms with E-state index in [1.165, 1.54) is 0 Å². The van der Waals surface area contributed by atoms with E-state index in [2.05, 4.69) is 23.3 Å². The Bertz CT molecular complexity index is 588. The summed E-state index contributed by atoms with van der Waals surface area (Å²) < 4.78 is 11.8. The normalized spacial score (nSPS) is 21.8. The first kappa shape index (κ1) is 14.3. The molecule has 1 aliphatic rings. The standard InChI is InChI=1S/C17H22N2O2/c1-2-18-11-15-7-8-16(21-15)12-20-14-6-5-13-4-3-9-19-17(13)10-14/h3-6,9-10,15-16,18H,2,7-8,11-12H2,1H3. The van der Waals surface area contributed by atoms with E-state index in [0.29, 0.717) is 12.7 Å². The second-order valence-electron chi connectivity index (χ2n) is 5.43. The van der Waals surface area contributed by atoms with E-state index in [-0.39, 0.29) is 6.10 Å². The van der Waals surface area contributed by atoms with Crippen molar-refractivity contribution < 1.29 is 9.47 Å². The number of aromatic nitrogens is 1. The van der Waals surface area contributed by atoms with Crippen LogP contribution in [0.4, 0.5) is 0 Å². The number of fused-ring (bicyclic) bond motifs is 1. The highest BCUT2D eigenvalue weighted by atomic mass is 16.5. The maximum absolute atomic E-state index is 5.97. The molecule has 112 valence electrons. The minimum atomic E-state index is 0.202. The second-order valence-corrected chi connectivity index (χ2v) is 5.43. The molecule has 1 saturated heterocycles. The Hall–Kier alpha value is -1.65. The van der Waals surface area contributed by atoms with Crippen molar-refractivity contribution in [3.63, 3.8) is 0 Å². The van der Waals surface area contributed by atoms with Crippen LogP contribution >= 0.6 is 0 Å². The van der Waals surface area contributed by atoms with Crippen LogP contribution in [-0.2, 0) is 4.74 Å². The Morgan fingerprint density at radius 1 is 1.29 bits per heavy atom. The number of likely N-dealkylation sites (N-methyl/N-ethyl adjacent to an activating group) is 1. The summed E-state index contributed by atoms with van der Waals surface area (Å²) >= 11 is 0. The first-order valence-electron chi connectivity index (χ1n) is 7.69. The number of ether oxygens (including phenoxy) is 2. The summed E-state index contributed by atoms with van der Waals surface area (Å²) in [6.45, 7) is 4.66. The molecule has 2 heterocycles. The van der Waals surface area contributed by atoms with Crippen LogP contribution in [-0.4, -0.2) is 36.9 Å². The summed E-state index contributed by atoms with van der Waals surface area (Å²) in [6.07, 6.45) is 4.52. The molecule has 2 aromatic rings. The van der Waals surface area contributed by atoms with Crippen molar-refractivity contribution in [2.24, 2.45) is 0 Å². The van der Waals surface area contributed by atoms with E-state index in [9.17, 15) is 0 Å². The number of pyridine rings is 1. The van der Waals surface area contributed by atoms with E-state index < -0.39 is 0 Å². The van der Waals surface area contributed by atoms with Crippen molar-refractivity contribution in [1.29, 1.82) is 0 Å². The topological polar surface area (TPSA) is 43.4 Å². The van der Waals surface area contributed by atoms with Gasteiger partial charge in [-0.3, -0.25) is 4.98 Å². The van der Waals surface area contributed by atoms with E-state index in [1.54, 1.807) is 6.20 Å². The smallest absolute Gasteiger partial charge is 0.121 e. The van der Waals surface area contributed by atoms with Gasteiger partial charge >= 0.3 is 0 Å². The van der Waals surface area contributed by atoms with Crippen LogP contribution in [0.2, 0.25) is 0 Å². The third kappa shape index (κ3) is 3.71. The van der Waals surface area contributed by atoms with Crippen LogP contribution in [0.3, 0.4) is 0 Å². The average molecular weight is 286 g/mol. The highest BCUT2D eigenvalue weighted by Crippen LogP contribution is 2.22. The molecule has 0 aliphatic carbocycles. The van der Waals surface area contributed by atoms with Gasteiger partial charge in [0.2, 0.25) is 0 Å². The molecule has 2 atom stereocenters. The van der Waals surface area contributed by atoms with Crippen molar-refractivity contribution in [3.05, 3.63) is 36.5 Å². The molecule has 4 heteroatoms. The van der Waals surface area contributed by atoms with Gasteiger partial charge in [-0.2, -0.15) is 0 Å². The molecule has 1 fully saturated rings. The molecule has 1 aromatic carbocycles.